The molecule has 0 aliphatic carbocycles. The molecule has 1 aromatic carbocycles. The van der Waals surface area contributed by atoms with E-state index < -0.39 is 0 Å². The molecule has 0 radical (unpaired) electrons. The SMILES string of the molecule is Cn1cccc1C(=O)CSc1nc2scc(-c3cccs3)c2c(=O)n1-c1ccccc1. The second-order valence-corrected chi connectivity index (χ2v) is 9.64. The van der Waals surface area contributed by atoms with Crippen molar-refractivity contribution in [3.05, 3.63) is 87.6 Å². The first kappa shape index (κ1) is 20.0. The number of fused-ring (bicyclic) bond motifs is 1. The molecule has 154 valence electrons. The minimum Gasteiger partial charge on any atom is -0.348 e. The number of ketones is 1. The molecule has 0 aliphatic heterocycles. The van der Waals surface area contributed by atoms with Gasteiger partial charge in [0, 0.05) is 29.1 Å². The molecule has 8 heteroatoms. The predicted octanol–water partition coefficient (Wildman–Crippen LogP) is 5.49. The van der Waals surface area contributed by atoms with Gasteiger partial charge in [-0.15, -0.1) is 22.7 Å². The number of aryl methyl sites for hydroxylation is 1. The lowest BCUT2D eigenvalue weighted by Gasteiger charge is -2.12. The van der Waals surface area contributed by atoms with Gasteiger partial charge < -0.3 is 4.57 Å². The van der Waals surface area contributed by atoms with E-state index in [9.17, 15) is 9.59 Å². The van der Waals surface area contributed by atoms with E-state index in [0.29, 0.717) is 21.1 Å². The summed E-state index contributed by atoms with van der Waals surface area (Å²) in [5.74, 6) is 0.197. The number of thiophene rings is 2. The molecule has 0 N–H and O–H groups in total. The average Bonchev–Trinajstić information content (AvgIpc) is 3.53. The monoisotopic (exact) mass is 463 g/mol. The normalized spacial score (nSPS) is 11.3. The Bertz CT molecular complexity index is 1430. The number of benzene rings is 1. The van der Waals surface area contributed by atoms with Crippen molar-refractivity contribution >= 4 is 50.4 Å². The number of hydrogen-bond donors (Lipinski definition) is 0. The fourth-order valence-corrected chi connectivity index (χ4v) is 6.13. The number of hydrogen-bond acceptors (Lipinski definition) is 6. The fourth-order valence-electron chi connectivity index (χ4n) is 3.44. The van der Waals surface area contributed by atoms with Gasteiger partial charge in [-0.2, -0.15) is 0 Å². The summed E-state index contributed by atoms with van der Waals surface area (Å²) in [6.45, 7) is 0. The van der Waals surface area contributed by atoms with Crippen LogP contribution in [0.1, 0.15) is 10.5 Å². The molecular weight excluding hydrogens is 446 g/mol. The van der Waals surface area contributed by atoms with E-state index in [-0.39, 0.29) is 17.1 Å². The van der Waals surface area contributed by atoms with Gasteiger partial charge >= 0.3 is 0 Å². The van der Waals surface area contributed by atoms with Crippen molar-refractivity contribution in [2.45, 2.75) is 5.16 Å². The number of carbonyl (C=O) groups excluding carboxylic acids is 1. The lowest BCUT2D eigenvalue weighted by atomic mass is 10.2. The number of para-hydroxylation sites is 1. The fraction of sp³-hybridized carbons (Fsp3) is 0.0870. The highest BCUT2D eigenvalue weighted by atomic mass is 32.2. The van der Waals surface area contributed by atoms with Crippen LogP contribution in [0.3, 0.4) is 0 Å². The maximum Gasteiger partial charge on any atom is 0.268 e. The number of aromatic nitrogens is 3. The Labute approximate surface area is 190 Å². The molecule has 5 aromatic rings. The lowest BCUT2D eigenvalue weighted by Crippen LogP contribution is -2.22. The van der Waals surface area contributed by atoms with Crippen LogP contribution in [0.2, 0.25) is 0 Å². The maximum absolute atomic E-state index is 13.7. The summed E-state index contributed by atoms with van der Waals surface area (Å²) >= 11 is 4.35. The van der Waals surface area contributed by atoms with Gasteiger partial charge in [-0.1, -0.05) is 36.0 Å². The summed E-state index contributed by atoms with van der Waals surface area (Å²) in [5, 5.41) is 5.13. The summed E-state index contributed by atoms with van der Waals surface area (Å²) in [7, 11) is 1.85. The van der Waals surface area contributed by atoms with Crippen LogP contribution >= 0.6 is 34.4 Å². The van der Waals surface area contributed by atoms with Crippen molar-refractivity contribution in [1.82, 2.24) is 14.1 Å². The summed E-state index contributed by atoms with van der Waals surface area (Å²) in [4.78, 5) is 32.9. The Morgan fingerprint density at radius 1 is 1.06 bits per heavy atom. The highest BCUT2D eigenvalue weighted by Crippen LogP contribution is 2.35. The van der Waals surface area contributed by atoms with Gasteiger partial charge in [-0.25, -0.2) is 4.98 Å². The molecule has 0 fully saturated rings. The van der Waals surface area contributed by atoms with E-state index in [1.807, 2.05) is 72.5 Å². The van der Waals surface area contributed by atoms with Crippen LogP contribution < -0.4 is 5.56 Å². The first-order valence-corrected chi connectivity index (χ1v) is 12.3. The summed E-state index contributed by atoms with van der Waals surface area (Å²) in [5.41, 5.74) is 2.17. The number of thioether (sulfide) groups is 1. The molecule has 0 bridgehead atoms. The van der Waals surface area contributed by atoms with Crippen LogP contribution in [0.15, 0.2) is 81.5 Å². The molecule has 4 heterocycles. The molecule has 5 rings (SSSR count). The van der Waals surface area contributed by atoms with E-state index in [1.165, 1.54) is 23.1 Å². The van der Waals surface area contributed by atoms with Crippen LogP contribution in [0, 0.1) is 0 Å². The third-order valence-electron chi connectivity index (χ3n) is 4.94. The highest BCUT2D eigenvalue weighted by Gasteiger charge is 2.20. The second-order valence-electron chi connectivity index (χ2n) is 6.89. The quantitative estimate of drug-likeness (QED) is 0.190. The molecule has 31 heavy (non-hydrogen) atoms. The van der Waals surface area contributed by atoms with Gasteiger partial charge in [0.05, 0.1) is 22.5 Å². The van der Waals surface area contributed by atoms with Crippen molar-refractivity contribution in [2.75, 3.05) is 5.75 Å². The third-order valence-corrected chi connectivity index (χ3v) is 7.65. The molecule has 0 atom stereocenters. The van der Waals surface area contributed by atoms with Gasteiger partial charge in [-0.3, -0.25) is 14.2 Å². The molecule has 5 nitrogen and oxygen atoms in total. The molecule has 4 aromatic heterocycles. The zero-order valence-corrected chi connectivity index (χ0v) is 19.0. The zero-order valence-electron chi connectivity index (χ0n) is 16.5. The smallest absolute Gasteiger partial charge is 0.268 e. The Morgan fingerprint density at radius 3 is 2.61 bits per heavy atom. The van der Waals surface area contributed by atoms with Crippen molar-refractivity contribution in [3.63, 3.8) is 0 Å². The van der Waals surface area contributed by atoms with Gasteiger partial charge in [-0.05, 0) is 35.7 Å². The lowest BCUT2D eigenvalue weighted by molar-refractivity contribution is 0.101. The first-order chi connectivity index (χ1) is 15.1. The standard InChI is InChI=1S/C23H17N3O2S3/c1-25-11-5-9-17(25)18(27)14-31-23-24-21-20(16(13-30-21)19-10-6-12-29-19)22(28)26(23)15-7-3-2-4-8-15/h2-13H,14H2,1H3. The van der Waals surface area contributed by atoms with E-state index in [1.54, 1.807) is 26.5 Å². The summed E-state index contributed by atoms with van der Waals surface area (Å²) < 4.78 is 3.42. The highest BCUT2D eigenvalue weighted by molar-refractivity contribution is 7.99. The van der Waals surface area contributed by atoms with E-state index in [4.69, 9.17) is 4.98 Å². The van der Waals surface area contributed by atoms with E-state index >= 15 is 0 Å². The van der Waals surface area contributed by atoms with Gasteiger partial charge in [0.15, 0.2) is 10.9 Å². The Hall–Kier alpha value is -2.94. The van der Waals surface area contributed by atoms with Crippen molar-refractivity contribution < 1.29 is 4.79 Å². The number of nitrogens with zero attached hydrogens (tertiary/aromatic N) is 3. The third kappa shape index (κ3) is 3.67. The van der Waals surface area contributed by atoms with Crippen molar-refractivity contribution in [1.29, 1.82) is 0 Å². The zero-order chi connectivity index (χ0) is 21.4. The van der Waals surface area contributed by atoms with E-state index in [2.05, 4.69) is 0 Å². The van der Waals surface area contributed by atoms with Crippen molar-refractivity contribution in [3.8, 4) is 16.1 Å². The van der Waals surface area contributed by atoms with Crippen LogP contribution in [-0.2, 0) is 7.05 Å². The van der Waals surface area contributed by atoms with Crippen LogP contribution in [0.4, 0.5) is 0 Å². The predicted molar refractivity (Wildman–Crippen MR) is 129 cm³/mol. The summed E-state index contributed by atoms with van der Waals surface area (Å²) in [6, 6.07) is 17.1. The van der Waals surface area contributed by atoms with Crippen LogP contribution in [0.5, 0.6) is 0 Å². The molecule has 0 unspecified atom stereocenters. The molecular formula is C23H17N3O2S3. The Balaban J connectivity index is 1.63. The van der Waals surface area contributed by atoms with Crippen LogP contribution in [-0.4, -0.2) is 25.7 Å². The largest absolute Gasteiger partial charge is 0.348 e. The van der Waals surface area contributed by atoms with Gasteiger partial charge in [0.1, 0.15) is 4.83 Å². The number of Topliss-reactive ketones (excluding diaryl/α,β-unsaturated/α-hetero) is 1. The van der Waals surface area contributed by atoms with Gasteiger partial charge in [0.25, 0.3) is 5.56 Å². The van der Waals surface area contributed by atoms with Crippen LogP contribution in [0.25, 0.3) is 26.3 Å². The van der Waals surface area contributed by atoms with Gasteiger partial charge in [0.2, 0.25) is 0 Å². The van der Waals surface area contributed by atoms with E-state index in [0.717, 1.165) is 16.1 Å². The minimum absolute atomic E-state index is 0.00286. The molecule has 0 spiro atoms. The molecule has 0 aliphatic rings. The number of rotatable bonds is 6. The second kappa shape index (κ2) is 8.30. The maximum atomic E-state index is 13.7. The molecule has 0 amide bonds. The molecule has 0 saturated carbocycles. The van der Waals surface area contributed by atoms with Crippen molar-refractivity contribution in [2.24, 2.45) is 7.05 Å². The number of carbonyl (C=O) groups is 1. The Kier molecular flexibility index (Phi) is 5.35. The Morgan fingerprint density at radius 2 is 1.90 bits per heavy atom. The average molecular weight is 464 g/mol. The first-order valence-electron chi connectivity index (χ1n) is 9.54. The molecule has 0 saturated heterocycles. The topological polar surface area (TPSA) is 56.9 Å². The summed E-state index contributed by atoms with van der Waals surface area (Å²) in [6.07, 6.45) is 1.85. The minimum atomic E-state index is -0.116.